The summed E-state index contributed by atoms with van der Waals surface area (Å²) in [6.07, 6.45) is 4.60. The van der Waals surface area contributed by atoms with E-state index < -0.39 is 6.09 Å². The number of piperidine rings is 1. The maximum atomic E-state index is 11.8. The van der Waals surface area contributed by atoms with Crippen molar-refractivity contribution in [1.82, 2.24) is 9.88 Å². The summed E-state index contributed by atoms with van der Waals surface area (Å²) in [5.41, 5.74) is 2.03. The molecule has 1 aliphatic rings. The third-order valence-electron chi connectivity index (χ3n) is 4.66. The molecule has 0 aliphatic carbocycles. The van der Waals surface area contributed by atoms with Crippen molar-refractivity contribution >= 4 is 11.8 Å². The second-order valence-electron chi connectivity index (χ2n) is 6.40. The van der Waals surface area contributed by atoms with Gasteiger partial charge in [0, 0.05) is 19.3 Å². The first-order valence-electron chi connectivity index (χ1n) is 8.87. The summed E-state index contributed by atoms with van der Waals surface area (Å²) in [6, 6.07) is 8.01. The number of nitrogens with one attached hydrogen (secondary N) is 1. The van der Waals surface area contributed by atoms with Crippen LogP contribution in [0.25, 0.3) is 0 Å². The second-order valence-corrected chi connectivity index (χ2v) is 6.40. The van der Waals surface area contributed by atoms with Crippen LogP contribution >= 0.6 is 0 Å². The van der Waals surface area contributed by atoms with E-state index in [4.69, 9.17) is 13.9 Å². The summed E-state index contributed by atoms with van der Waals surface area (Å²) in [7, 11) is 1.74. The van der Waals surface area contributed by atoms with E-state index in [9.17, 15) is 4.79 Å². The molecule has 7 heteroatoms. The van der Waals surface area contributed by atoms with Crippen LogP contribution in [0.3, 0.4) is 0 Å². The van der Waals surface area contributed by atoms with Crippen LogP contribution in [0.1, 0.15) is 30.1 Å². The highest BCUT2D eigenvalue weighted by molar-refractivity contribution is 5.84. The molecule has 1 saturated heterocycles. The first-order chi connectivity index (χ1) is 12.7. The SMILES string of the molecule is COCCN1CCC(c2ccc(NC(=O)OCc3cnco3)cc2)CC1. The zero-order chi connectivity index (χ0) is 18.2. The van der Waals surface area contributed by atoms with Crippen molar-refractivity contribution in [3.63, 3.8) is 0 Å². The van der Waals surface area contributed by atoms with Crippen LogP contribution in [0.5, 0.6) is 0 Å². The minimum Gasteiger partial charge on any atom is -0.445 e. The molecule has 1 amide bonds. The van der Waals surface area contributed by atoms with Gasteiger partial charge < -0.3 is 18.8 Å². The Bertz CT molecular complexity index is 665. The predicted molar refractivity (Wildman–Crippen MR) is 97.0 cm³/mol. The van der Waals surface area contributed by atoms with Crippen LogP contribution in [-0.2, 0) is 16.1 Å². The highest BCUT2D eigenvalue weighted by Gasteiger charge is 2.20. The van der Waals surface area contributed by atoms with E-state index >= 15 is 0 Å². The number of likely N-dealkylation sites (tertiary alicyclic amines) is 1. The molecule has 1 aromatic carbocycles. The lowest BCUT2D eigenvalue weighted by Crippen LogP contribution is -2.35. The molecule has 7 nitrogen and oxygen atoms in total. The maximum absolute atomic E-state index is 11.8. The molecule has 0 spiro atoms. The minimum absolute atomic E-state index is 0.0611. The fourth-order valence-electron chi connectivity index (χ4n) is 3.15. The monoisotopic (exact) mass is 359 g/mol. The van der Waals surface area contributed by atoms with Crippen molar-refractivity contribution in [2.24, 2.45) is 0 Å². The second kappa shape index (κ2) is 9.35. The number of hydrogen-bond donors (Lipinski definition) is 1. The summed E-state index contributed by atoms with van der Waals surface area (Å²) in [6.45, 7) is 4.05. The number of hydrogen-bond acceptors (Lipinski definition) is 6. The highest BCUT2D eigenvalue weighted by Crippen LogP contribution is 2.28. The molecule has 140 valence electrons. The summed E-state index contributed by atoms with van der Waals surface area (Å²) >= 11 is 0. The van der Waals surface area contributed by atoms with Crippen LogP contribution in [0.2, 0.25) is 0 Å². The van der Waals surface area contributed by atoms with E-state index in [1.165, 1.54) is 18.2 Å². The average Bonchev–Trinajstić information content (AvgIpc) is 3.19. The quantitative estimate of drug-likeness (QED) is 0.818. The topological polar surface area (TPSA) is 76.8 Å². The Morgan fingerprint density at radius 3 is 2.73 bits per heavy atom. The number of nitrogens with zero attached hydrogens (tertiary/aromatic N) is 2. The number of rotatable bonds is 7. The fraction of sp³-hybridized carbons (Fsp3) is 0.474. The van der Waals surface area contributed by atoms with E-state index in [0.717, 1.165) is 39.1 Å². The number of aromatic nitrogens is 1. The summed E-state index contributed by atoms with van der Waals surface area (Å²) in [4.78, 5) is 18.0. The van der Waals surface area contributed by atoms with Gasteiger partial charge in [-0.05, 0) is 49.5 Å². The molecule has 1 aliphatic heterocycles. The Kier molecular flexibility index (Phi) is 6.62. The fourth-order valence-corrected chi connectivity index (χ4v) is 3.15. The van der Waals surface area contributed by atoms with Gasteiger partial charge in [-0.15, -0.1) is 0 Å². The molecule has 1 fully saturated rings. The summed E-state index contributed by atoms with van der Waals surface area (Å²) < 4.78 is 15.2. The van der Waals surface area contributed by atoms with Gasteiger partial charge >= 0.3 is 6.09 Å². The number of oxazole rings is 1. The highest BCUT2D eigenvalue weighted by atomic mass is 16.6. The molecule has 1 aromatic heterocycles. The zero-order valence-electron chi connectivity index (χ0n) is 15.0. The number of methoxy groups -OCH3 is 1. The number of amides is 1. The molecule has 2 aromatic rings. The predicted octanol–water partition coefficient (Wildman–Crippen LogP) is 3.25. The Morgan fingerprint density at radius 1 is 1.31 bits per heavy atom. The van der Waals surface area contributed by atoms with E-state index in [1.54, 1.807) is 7.11 Å². The van der Waals surface area contributed by atoms with Crippen molar-refractivity contribution in [2.45, 2.75) is 25.4 Å². The van der Waals surface area contributed by atoms with Gasteiger partial charge in [-0.2, -0.15) is 0 Å². The number of benzene rings is 1. The van der Waals surface area contributed by atoms with Crippen molar-refractivity contribution in [1.29, 1.82) is 0 Å². The lowest BCUT2D eigenvalue weighted by molar-refractivity contribution is 0.130. The molecule has 0 radical (unpaired) electrons. The molecule has 0 unspecified atom stereocenters. The first-order valence-corrected chi connectivity index (χ1v) is 8.87. The van der Waals surface area contributed by atoms with Crippen LogP contribution < -0.4 is 5.32 Å². The number of carbonyl (C=O) groups is 1. The summed E-state index contributed by atoms with van der Waals surface area (Å²) in [5.74, 6) is 1.08. The minimum atomic E-state index is -0.513. The molecule has 0 atom stereocenters. The average molecular weight is 359 g/mol. The smallest absolute Gasteiger partial charge is 0.412 e. The first kappa shape index (κ1) is 18.4. The zero-order valence-corrected chi connectivity index (χ0v) is 15.0. The molecule has 26 heavy (non-hydrogen) atoms. The van der Waals surface area contributed by atoms with Crippen LogP contribution in [-0.4, -0.2) is 49.3 Å². The van der Waals surface area contributed by atoms with Crippen molar-refractivity contribution in [2.75, 3.05) is 38.7 Å². The Morgan fingerprint density at radius 2 is 2.08 bits per heavy atom. The maximum Gasteiger partial charge on any atom is 0.412 e. The van der Waals surface area contributed by atoms with Crippen LogP contribution in [0.4, 0.5) is 10.5 Å². The molecule has 0 bridgehead atoms. The van der Waals surface area contributed by atoms with E-state index in [-0.39, 0.29) is 6.61 Å². The molecule has 3 rings (SSSR count). The van der Waals surface area contributed by atoms with E-state index in [2.05, 4.69) is 27.3 Å². The van der Waals surface area contributed by atoms with Crippen molar-refractivity contribution in [3.8, 4) is 0 Å². The molecule has 1 N–H and O–H groups in total. The standard InChI is InChI=1S/C19H25N3O4/c1-24-11-10-22-8-6-16(7-9-22)15-2-4-17(5-3-15)21-19(23)25-13-18-12-20-14-26-18/h2-5,12,14,16H,6-11,13H2,1H3,(H,21,23). The number of ether oxygens (including phenoxy) is 2. The van der Waals surface area contributed by atoms with E-state index in [0.29, 0.717) is 17.4 Å². The van der Waals surface area contributed by atoms with Gasteiger partial charge in [-0.1, -0.05) is 12.1 Å². The van der Waals surface area contributed by atoms with Gasteiger partial charge in [0.05, 0.1) is 12.8 Å². The van der Waals surface area contributed by atoms with Crippen molar-refractivity contribution in [3.05, 3.63) is 48.2 Å². The van der Waals surface area contributed by atoms with Gasteiger partial charge in [0.1, 0.15) is 0 Å². The Labute approximate surface area is 153 Å². The van der Waals surface area contributed by atoms with Gasteiger partial charge in [-0.25, -0.2) is 9.78 Å². The Balaban J connectivity index is 1.44. The van der Waals surface area contributed by atoms with Crippen LogP contribution in [0.15, 0.2) is 41.3 Å². The van der Waals surface area contributed by atoms with Gasteiger partial charge in [0.25, 0.3) is 0 Å². The lowest BCUT2D eigenvalue weighted by atomic mass is 9.89. The van der Waals surface area contributed by atoms with Crippen molar-refractivity contribution < 1.29 is 18.7 Å². The number of carbonyl (C=O) groups excluding carboxylic acids is 1. The largest absolute Gasteiger partial charge is 0.445 e. The summed E-state index contributed by atoms with van der Waals surface area (Å²) in [5, 5.41) is 2.72. The van der Waals surface area contributed by atoms with Crippen LogP contribution in [0, 0.1) is 0 Å². The van der Waals surface area contributed by atoms with Gasteiger partial charge in [0.2, 0.25) is 0 Å². The molecule has 2 heterocycles. The third-order valence-corrected chi connectivity index (χ3v) is 4.66. The molecular weight excluding hydrogens is 334 g/mol. The van der Waals surface area contributed by atoms with E-state index in [1.807, 2.05) is 12.1 Å². The molecular formula is C19H25N3O4. The lowest BCUT2D eigenvalue weighted by Gasteiger charge is -2.32. The Hall–Kier alpha value is -2.38. The molecule has 0 saturated carbocycles. The number of anilines is 1. The normalized spacial score (nSPS) is 15.7. The van der Waals surface area contributed by atoms with Gasteiger partial charge in [0.15, 0.2) is 18.8 Å². The van der Waals surface area contributed by atoms with Gasteiger partial charge in [-0.3, -0.25) is 5.32 Å². The third kappa shape index (κ3) is 5.31.